The fourth-order valence-corrected chi connectivity index (χ4v) is 1.99. The van der Waals surface area contributed by atoms with Crippen molar-refractivity contribution in [3.05, 3.63) is 11.3 Å². The molecular weight excluding hydrogens is 240 g/mol. The molecule has 0 fully saturated rings. The summed E-state index contributed by atoms with van der Waals surface area (Å²) < 4.78 is 0. The third-order valence-corrected chi connectivity index (χ3v) is 2.82. The predicted octanol–water partition coefficient (Wildman–Crippen LogP) is 1.78. The monoisotopic (exact) mass is 272 g/mol. The standard InChI is InChI=1S/C15H32N2O2/c1-5-7-16-11-14(9-12(3)18)15(10-13(4)19)17-8-6-2/h12-13,16-19H,5-11H2,1-4H3. The molecule has 0 rings (SSSR count). The van der Waals surface area contributed by atoms with Crippen LogP contribution in [0.5, 0.6) is 0 Å². The van der Waals surface area contributed by atoms with Gasteiger partial charge in [-0.05, 0) is 45.2 Å². The molecule has 0 saturated heterocycles. The lowest BCUT2D eigenvalue weighted by Crippen LogP contribution is -2.26. The third-order valence-electron chi connectivity index (χ3n) is 2.82. The molecule has 19 heavy (non-hydrogen) atoms. The van der Waals surface area contributed by atoms with Crippen molar-refractivity contribution in [2.45, 2.75) is 65.6 Å². The van der Waals surface area contributed by atoms with Gasteiger partial charge < -0.3 is 20.8 Å². The highest BCUT2D eigenvalue weighted by atomic mass is 16.3. The minimum absolute atomic E-state index is 0.356. The summed E-state index contributed by atoms with van der Waals surface area (Å²) in [4.78, 5) is 0. The maximum Gasteiger partial charge on any atom is 0.0566 e. The second-order valence-electron chi connectivity index (χ2n) is 5.29. The van der Waals surface area contributed by atoms with Crippen LogP contribution < -0.4 is 10.6 Å². The summed E-state index contributed by atoms with van der Waals surface area (Å²) in [7, 11) is 0. The largest absolute Gasteiger partial charge is 0.393 e. The van der Waals surface area contributed by atoms with Crippen molar-refractivity contribution < 1.29 is 10.2 Å². The topological polar surface area (TPSA) is 64.5 Å². The molecule has 4 heteroatoms. The number of aliphatic hydroxyl groups excluding tert-OH is 2. The Bertz CT molecular complexity index is 251. The molecule has 2 unspecified atom stereocenters. The van der Waals surface area contributed by atoms with Crippen LogP contribution in [0.2, 0.25) is 0 Å². The Kier molecular flexibility index (Phi) is 10.9. The molecule has 2 atom stereocenters. The van der Waals surface area contributed by atoms with Crippen molar-refractivity contribution in [2.75, 3.05) is 19.6 Å². The van der Waals surface area contributed by atoms with Crippen molar-refractivity contribution in [2.24, 2.45) is 0 Å². The third kappa shape index (κ3) is 9.93. The van der Waals surface area contributed by atoms with E-state index in [1.54, 1.807) is 13.8 Å². The fourth-order valence-electron chi connectivity index (χ4n) is 1.99. The number of aliphatic hydroxyl groups is 2. The van der Waals surface area contributed by atoms with Gasteiger partial charge >= 0.3 is 0 Å². The number of hydrogen-bond acceptors (Lipinski definition) is 4. The number of rotatable bonds is 11. The van der Waals surface area contributed by atoms with Crippen LogP contribution in [0.25, 0.3) is 0 Å². The van der Waals surface area contributed by atoms with Crippen LogP contribution in [-0.4, -0.2) is 42.1 Å². The van der Waals surface area contributed by atoms with Crippen molar-refractivity contribution in [1.29, 1.82) is 0 Å². The lowest BCUT2D eigenvalue weighted by atomic mass is 10.0. The summed E-state index contributed by atoms with van der Waals surface area (Å²) in [5, 5.41) is 26.0. The van der Waals surface area contributed by atoms with E-state index in [1.807, 2.05) is 0 Å². The second-order valence-corrected chi connectivity index (χ2v) is 5.29. The summed E-state index contributed by atoms with van der Waals surface area (Å²) >= 11 is 0. The van der Waals surface area contributed by atoms with E-state index in [1.165, 1.54) is 5.57 Å². The highest BCUT2D eigenvalue weighted by Crippen LogP contribution is 2.14. The zero-order valence-corrected chi connectivity index (χ0v) is 13.0. The number of nitrogens with one attached hydrogen (secondary N) is 2. The molecule has 0 radical (unpaired) electrons. The van der Waals surface area contributed by atoms with Gasteiger partial charge in [0.05, 0.1) is 12.2 Å². The Morgan fingerprint density at radius 2 is 1.53 bits per heavy atom. The second kappa shape index (κ2) is 11.3. The molecule has 0 aromatic carbocycles. The van der Waals surface area contributed by atoms with Crippen LogP contribution in [0.4, 0.5) is 0 Å². The molecule has 0 aliphatic carbocycles. The molecule has 0 bridgehead atoms. The maximum atomic E-state index is 9.64. The van der Waals surface area contributed by atoms with E-state index < -0.39 is 0 Å². The smallest absolute Gasteiger partial charge is 0.0566 e. The van der Waals surface area contributed by atoms with Crippen LogP contribution in [0, 0.1) is 0 Å². The summed E-state index contributed by atoms with van der Waals surface area (Å²) in [5.41, 5.74) is 2.26. The number of hydrogen-bond donors (Lipinski definition) is 4. The molecule has 0 spiro atoms. The van der Waals surface area contributed by atoms with E-state index in [9.17, 15) is 10.2 Å². The van der Waals surface area contributed by atoms with Crippen LogP contribution in [0.15, 0.2) is 11.3 Å². The van der Waals surface area contributed by atoms with Gasteiger partial charge in [0.2, 0.25) is 0 Å². The molecule has 0 aromatic rings. The van der Waals surface area contributed by atoms with Gasteiger partial charge in [-0.3, -0.25) is 0 Å². The van der Waals surface area contributed by atoms with Gasteiger partial charge in [0.1, 0.15) is 0 Å². The normalized spacial score (nSPS) is 15.9. The molecule has 0 amide bonds. The first-order chi connectivity index (χ1) is 9.01. The van der Waals surface area contributed by atoms with E-state index in [0.717, 1.165) is 38.2 Å². The van der Waals surface area contributed by atoms with E-state index >= 15 is 0 Å². The Morgan fingerprint density at radius 3 is 2.00 bits per heavy atom. The fraction of sp³-hybridized carbons (Fsp3) is 0.867. The van der Waals surface area contributed by atoms with E-state index in [4.69, 9.17) is 0 Å². The highest BCUT2D eigenvalue weighted by Gasteiger charge is 2.11. The van der Waals surface area contributed by atoms with Gasteiger partial charge in [0.25, 0.3) is 0 Å². The molecule has 0 saturated carbocycles. The predicted molar refractivity (Wildman–Crippen MR) is 81.1 cm³/mol. The lowest BCUT2D eigenvalue weighted by Gasteiger charge is -2.20. The molecule has 4 nitrogen and oxygen atoms in total. The average Bonchev–Trinajstić information content (AvgIpc) is 2.32. The quantitative estimate of drug-likeness (QED) is 0.433. The SMILES string of the molecule is CCCNCC(CC(C)O)=C(CC(C)O)NCCC. The zero-order valence-electron chi connectivity index (χ0n) is 13.0. The maximum absolute atomic E-state index is 9.64. The first-order valence-electron chi connectivity index (χ1n) is 7.52. The van der Waals surface area contributed by atoms with Crippen molar-refractivity contribution in [3.63, 3.8) is 0 Å². The average molecular weight is 272 g/mol. The minimum Gasteiger partial charge on any atom is -0.393 e. The Balaban J connectivity index is 4.81. The van der Waals surface area contributed by atoms with Gasteiger partial charge in [-0.15, -0.1) is 0 Å². The Hall–Kier alpha value is -0.580. The molecule has 0 aromatic heterocycles. The van der Waals surface area contributed by atoms with Gasteiger partial charge in [0.15, 0.2) is 0 Å². The van der Waals surface area contributed by atoms with Gasteiger partial charge in [-0.25, -0.2) is 0 Å². The van der Waals surface area contributed by atoms with Crippen molar-refractivity contribution in [1.82, 2.24) is 10.6 Å². The van der Waals surface area contributed by atoms with Crippen molar-refractivity contribution >= 4 is 0 Å². The van der Waals surface area contributed by atoms with Crippen LogP contribution in [0.3, 0.4) is 0 Å². The van der Waals surface area contributed by atoms with Crippen molar-refractivity contribution in [3.8, 4) is 0 Å². The summed E-state index contributed by atoms with van der Waals surface area (Å²) in [5.74, 6) is 0. The Labute approximate surface area is 118 Å². The minimum atomic E-state index is -0.366. The van der Waals surface area contributed by atoms with E-state index in [0.29, 0.717) is 12.8 Å². The molecular formula is C15H32N2O2. The van der Waals surface area contributed by atoms with Crippen LogP contribution in [0.1, 0.15) is 53.4 Å². The van der Waals surface area contributed by atoms with Gasteiger partial charge in [-0.1, -0.05) is 13.8 Å². The summed E-state index contributed by atoms with van der Waals surface area (Å²) in [6, 6.07) is 0. The van der Waals surface area contributed by atoms with E-state index in [2.05, 4.69) is 24.5 Å². The summed E-state index contributed by atoms with van der Waals surface area (Å²) in [6.45, 7) is 10.5. The van der Waals surface area contributed by atoms with Gasteiger partial charge in [0, 0.05) is 25.2 Å². The molecule has 4 N–H and O–H groups in total. The van der Waals surface area contributed by atoms with Crippen LogP contribution in [-0.2, 0) is 0 Å². The molecule has 114 valence electrons. The zero-order chi connectivity index (χ0) is 14.7. The molecule has 0 heterocycles. The highest BCUT2D eigenvalue weighted by molar-refractivity contribution is 5.16. The van der Waals surface area contributed by atoms with Crippen LogP contribution >= 0.6 is 0 Å². The molecule has 0 aliphatic heterocycles. The molecule has 0 aliphatic rings. The Morgan fingerprint density at radius 1 is 0.947 bits per heavy atom. The summed E-state index contributed by atoms with van der Waals surface area (Å²) in [6.07, 6.45) is 2.69. The lowest BCUT2D eigenvalue weighted by molar-refractivity contribution is 0.186. The first-order valence-corrected chi connectivity index (χ1v) is 7.52. The van der Waals surface area contributed by atoms with Gasteiger partial charge in [-0.2, -0.15) is 0 Å². The first kappa shape index (κ1) is 18.4. The van der Waals surface area contributed by atoms with E-state index in [-0.39, 0.29) is 12.2 Å².